The molecule has 1 rings (SSSR count). The molecule has 0 heterocycles. The lowest BCUT2D eigenvalue weighted by atomic mass is 9.98. The van der Waals surface area contributed by atoms with Crippen molar-refractivity contribution < 1.29 is 22.3 Å². The molecule has 0 aliphatic rings. The molecule has 0 fully saturated rings. The molecule has 8 heteroatoms. The third-order valence-electron chi connectivity index (χ3n) is 2.93. The number of carbonyl (C=O) groups is 1. The van der Waals surface area contributed by atoms with Gasteiger partial charge in [0.25, 0.3) is 0 Å². The summed E-state index contributed by atoms with van der Waals surface area (Å²) in [5, 5.41) is 0. The molecule has 21 heavy (non-hydrogen) atoms. The number of carbonyl (C=O) groups excluding carboxylic acids is 1. The van der Waals surface area contributed by atoms with Crippen molar-refractivity contribution in [3.8, 4) is 0 Å². The van der Waals surface area contributed by atoms with Crippen LogP contribution in [0.4, 0.5) is 4.39 Å². The van der Waals surface area contributed by atoms with Gasteiger partial charge in [-0.2, -0.15) is 4.72 Å². The van der Waals surface area contributed by atoms with Gasteiger partial charge in [0.15, 0.2) is 0 Å². The van der Waals surface area contributed by atoms with Crippen molar-refractivity contribution >= 4 is 31.9 Å². The number of nitrogens with one attached hydrogen (secondary N) is 1. The van der Waals surface area contributed by atoms with Crippen molar-refractivity contribution in [2.75, 3.05) is 7.11 Å². The third kappa shape index (κ3) is 4.24. The number of halogens is 2. The number of rotatable bonds is 6. The molecule has 0 radical (unpaired) electrons. The first kappa shape index (κ1) is 18.1. The molecular formula is C13H17BrFNO4S. The van der Waals surface area contributed by atoms with Crippen LogP contribution < -0.4 is 4.72 Å². The van der Waals surface area contributed by atoms with Gasteiger partial charge in [-0.1, -0.05) is 29.3 Å². The number of methoxy groups -OCH3 is 1. The second kappa shape index (κ2) is 6.85. The number of sulfonamides is 1. The van der Waals surface area contributed by atoms with Crippen molar-refractivity contribution in [3.63, 3.8) is 0 Å². The minimum Gasteiger partial charge on any atom is -0.468 e. The predicted octanol–water partition coefficient (Wildman–Crippen LogP) is 2.60. The van der Waals surface area contributed by atoms with Crippen LogP contribution in [0.25, 0.3) is 0 Å². The largest absolute Gasteiger partial charge is 0.468 e. The highest BCUT2D eigenvalue weighted by Crippen LogP contribution is 2.23. The van der Waals surface area contributed by atoms with Crippen LogP contribution >= 0.6 is 15.9 Å². The van der Waals surface area contributed by atoms with Gasteiger partial charge >= 0.3 is 5.97 Å². The molecule has 1 aromatic rings. The van der Waals surface area contributed by atoms with E-state index in [9.17, 15) is 17.6 Å². The van der Waals surface area contributed by atoms with E-state index in [1.165, 1.54) is 20.1 Å². The van der Waals surface area contributed by atoms with Gasteiger partial charge < -0.3 is 4.74 Å². The minimum absolute atomic E-state index is 0.233. The van der Waals surface area contributed by atoms with Crippen molar-refractivity contribution in [1.29, 1.82) is 0 Å². The van der Waals surface area contributed by atoms with E-state index >= 15 is 0 Å². The Morgan fingerprint density at radius 2 is 2.10 bits per heavy atom. The van der Waals surface area contributed by atoms with Crippen LogP contribution in [0, 0.1) is 5.82 Å². The average Bonchev–Trinajstić information content (AvgIpc) is 2.36. The average molecular weight is 382 g/mol. The molecule has 0 spiro atoms. The van der Waals surface area contributed by atoms with Crippen LogP contribution in [-0.2, 0) is 19.6 Å². The first-order chi connectivity index (χ1) is 9.66. The summed E-state index contributed by atoms with van der Waals surface area (Å²) in [5.74, 6) is -1.62. The predicted molar refractivity (Wildman–Crippen MR) is 79.8 cm³/mol. The highest BCUT2D eigenvalue weighted by Gasteiger charge is 2.38. The Bertz CT molecular complexity index is 635. The number of esters is 1. The van der Waals surface area contributed by atoms with Crippen molar-refractivity contribution in [2.24, 2.45) is 0 Å². The van der Waals surface area contributed by atoms with Gasteiger partial charge in [-0.15, -0.1) is 0 Å². The lowest BCUT2D eigenvalue weighted by Crippen LogP contribution is -2.52. The topological polar surface area (TPSA) is 72.5 Å². The van der Waals surface area contributed by atoms with Crippen LogP contribution in [0.2, 0.25) is 0 Å². The third-order valence-corrected chi connectivity index (χ3v) is 5.05. The normalized spacial score (nSPS) is 14.5. The molecule has 0 saturated carbocycles. The van der Waals surface area contributed by atoms with Crippen LogP contribution in [0.1, 0.15) is 26.7 Å². The van der Waals surface area contributed by atoms with Crippen molar-refractivity contribution in [2.45, 2.75) is 37.1 Å². The van der Waals surface area contributed by atoms with E-state index in [0.29, 0.717) is 10.9 Å². The van der Waals surface area contributed by atoms with Crippen LogP contribution in [-0.4, -0.2) is 27.0 Å². The Labute approximate surface area is 132 Å². The molecule has 0 aliphatic heterocycles. The van der Waals surface area contributed by atoms with Gasteiger partial charge in [-0.05, 0) is 31.5 Å². The van der Waals surface area contributed by atoms with Gasteiger partial charge in [0.05, 0.1) is 7.11 Å². The summed E-state index contributed by atoms with van der Waals surface area (Å²) in [7, 11) is -3.02. The van der Waals surface area contributed by atoms with E-state index in [0.717, 1.165) is 12.1 Å². The maximum absolute atomic E-state index is 13.8. The Morgan fingerprint density at radius 3 is 2.57 bits per heavy atom. The molecule has 5 nitrogen and oxygen atoms in total. The monoisotopic (exact) mass is 381 g/mol. The summed E-state index contributed by atoms with van der Waals surface area (Å²) in [6.45, 7) is 3.21. The molecule has 0 saturated heterocycles. The quantitative estimate of drug-likeness (QED) is 0.768. The molecule has 118 valence electrons. The molecular weight excluding hydrogens is 365 g/mol. The summed E-state index contributed by atoms with van der Waals surface area (Å²) >= 11 is 3.05. The van der Waals surface area contributed by atoms with Gasteiger partial charge in [-0.3, -0.25) is 4.79 Å². The van der Waals surface area contributed by atoms with Crippen LogP contribution in [0.15, 0.2) is 27.6 Å². The zero-order valence-electron chi connectivity index (χ0n) is 11.9. The summed E-state index contributed by atoms with van der Waals surface area (Å²) in [6.07, 6.45) is 0.786. The SMILES string of the molecule is CCCC(C)(NS(=O)(=O)c1ccc(Br)cc1F)C(=O)OC. The molecule has 1 unspecified atom stereocenters. The summed E-state index contributed by atoms with van der Waals surface area (Å²) in [4.78, 5) is 11.3. The number of hydrogen-bond acceptors (Lipinski definition) is 4. The van der Waals surface area contributed by atoms with E-state index in [4.69, 9.17) is 0 Å². The van der Waals surface area contributed by atoms with Gasteiger partial charge in [0.2, 0.25) is 10.0 Å². The Hall–Kier alpha value is -0.990. The second-order valence-corrected chi connectivity index (χ2v) is 7.32. The maximum atomic E-state index is 13.8. The molecule has 0 aliphatic carbocycles. The second-order valence-electron chi connectivity index (χ2n) is 4.75. The smallest absolute Gasteiger partial charge is 0.326 e. The number of hydrogen-bond donors (Lipinski definition) is 1. The fourth-order valence-electron chi connectivity index (χ4n) is 1.96. The van der Waals surface area contributed by atoms with E-state index in [-0.39, 0.29) is 6.42 Å². The van der Waals surface area contributed by atoms with Gasteiger partial charge in [0, 0.05) is 4.47 Å². The Balaban J connectivity index is 3.21. The number of benzene rings is 1. The van der Waals surface area contributed by atoms with E-state index in [1.54, 1.807) is 6.92 Å². The first-order valence-corrected chi connectivity index (χ1v) is 8.51. The first-order valence-electron chi connectivity index (χ1n) is 6.23. The zero-order chi connectivity index (χ0) is 16.3. The molecule has 0 bridgehead atoms. The van der Waals surface area contributed by atoms with Gasteiger partial charge in [0.1, 0.15) is 16.3 Å². The van der Waals surface area contributed by atoms with E-state index < -0.39 is 32.2 Å². The lowest BCUT2D eigenvalue weighted by molar-refractivity contribution is -0.147. The van der Waals surface area contributed by atoms with E-state index in [1.807, 2.05) is 0 Å². The molecule has 0 amide bonds. The highest BCUT2D eigenvalue weighted by atomic mass is 79.9. The minimum atomic E-state index is -4.19. The Kier molecular flexibility index (Phi) is 5.89. The Morgan fingerprint density at radius 1 is 1.48 bits per heavy atom. The van der Waals surface area contributed by atoms with Gasteiger partial charge in [-0.25, -0.2) is 12.8 Å². The molecule has 1 atom stereocenters. The molecule has 1 N–H and O–H groups in total. The fourth-order valence-corrected chi connectivity index (χ4v) is 3.75. The van der Waals surface area contributed by atoms with E-state index in [2.05, 4.69) is 25.4 Å². The highest BCUT2D eigenvalue weighted by molar-refractivity contribution is 9.10. The number of ether oxygens (including phenoxy) is 1. The standard InChI is InChI=1S/C13H17BrFNO4S/c1-4-7-13(2,12(17)20-3)16-21(18,19)11-6-5-9(14)8-10(11)15/h5-6,8,16H,4,7H2,1-3H3. The lowest BCUT2D eigenvalue weighted by Gasteiger charge is -2.27. The zero-order valence-corrected chi connectivity index (χ0v) is 14.3. The molecule has 1 aromatic carbocycles. The molecule has 0 aromatic heterocycles. The summed E-state index contributed by atoms with van der Waals surface area (Å²) < 4.78 is 45.7. The summed E-state index contributed by atoms with van der Waals surface area (Å²) in [6, 6.07) is 3.59. The van der Waals surface area contributed by atoms with Crippen molar-refractivity contribution in [3.05, 3.63) is 28.5 Å². The van der Waals surface area contributed by atoms with Crippen molar-refractivity contribution in [1.82, 2.24) is 4.72 Å². The summed E-state index contributed by atoms with van der Waals surface area (Å²) in [5.41, 5.74) is -1.44. The fraction of sp³-hybridized carbons (Fsp3) is 0.462. The maximum Gasteiger partial charge on any atom is 0.326 e. The van der Waals surface area contributed by atoms with Crippen LogP contribution in [0.5, 0.6) is 0 Å². The van der Waals surface area contributed by atoms with Crippen LogP contribution in [0.3, 0.4) is 0 Å².